The quantitative estimate of drug-likeness (QED) is 0.552. The van der Waals surface area contributed by atoms with E-state index in [0.717, 1.165) is 21.4 Å². The number of hydrogen-bond donors (Lipinski definition) is 0. The average molecular weight is 449 g/mol. The van der Waals surface area contributed by atoms with Gasteiger partial charge in [0.2, 0.25) is 0 Å². The molecule has 0 radical (unpaired) electrons. The van der Waals surface area contributed by atoms with E-state index < -0.39 is 11.7 Å². The van der Waals surface area contributed by atoms with Gasteiger partial charge in [-0.05, 0) is 68.2 Å². The molecule has 0 bridgehead atoms. The Balaban J connectivity index is 2.13. The normalized spacial score (nSPS) is 11.7. The summed E-state index contributed by atoms with van der Waals surface area (Å²) in [7, 11) is 0. The molecule has 0 aliphatic heterocycles. The van der Waals surface area contributed by atoms with Gasteiger partial charge in [-0.25, -0.2) is 14.2 Å². The van der Waals surface area contributed by atoms with Crippen molar-refractivity contribution < 1.29 is 13.9 Å². The highest BCUT2D eigenvalue weighted by atomic mass is 79.9. The van der Waals surface area contributed by atoms with Crippen LogP contribution in [-0.2, 0) is 11.3 Å². The van der Waals surface area contributed by atoms with Gasteiger partial charge in [0.15, 0.2) is 5.65 Å². The van der Waals surface area contributed by atoms with Gasteiger partial charge in [-0.15, -0.1) is 0 Å². The molecule has 2 heterocycles. The number of hydrogen-bond acceptors (Lipinski definition) is 4. The molecule has 148 valence electrons. The smallest absolute Gasteiger partial charge is 0.416 e. The molecule has 0 spiro atoms. The molecular formula is C20H22BrFN4O2. The third-order valence-electron chi connectivity index (χ3n) is 3.95. The zero-order valence-corrected chi connectivity index (χ0v) is 18.0. The highest BCUT2D eigenvalue weighted by Gasteiger charge is 2.27. The Hall–Kier alpha value is -2.48. The Kier molecular flexibility index (Phi) is 5.43. The molecule has 0 saturated heterocycles. The summed E-state index contributed by atoms with van der Waals surface area (Å²) in [5.74, 6) is 0.191. The standard InChI is InChI=1S/C20H22BrFN4O2/c1-12-10-16(26-18(23-12)17(21)13(2)24-26)25(19(27)28-20(3,4)5)11-14-6-8-15(22)9-7-14/h6-10H,11H2,1-5H3. The van der Waals surface area contributed by atoms with Crippen LogP contribution in [-0.4, -0.2) is 26.3 Å². The number of fused-ring (bicyclic) bond motifs is 1. The van der Waals surface area contributed by atoms with Crippen LogP contribution in [0.3, 0.4) is 0 Å². The highest BCUT2D eigenvalue weighted by molar-refractivity contribution is 9.10. The van der Waals surface area contributed by atoms with Crippen molar-refractivity contribution in [2.75, 3.05) is 4.90 Å². The third kappa shape index (κ3) is 4.32. The van der Waals surface area contributed by atoms with Crippen molar-refractivity contribution in [3.8, 4) is 0 Å². The van der Waals surface area contributed by atoms with Crippen LogP contribution in [0.25, 0.3) is 5.65 Å². The van der Waals surface area contributed by atoms with E-state index in [1.807, 2.05) is 34.6 Å². The molecule has 1 aromatic carbocycles. The maximum atomic E-state index is 13.3. The molecule has 8 heteroatoms. The third-order valence-corrected chi connectivity index (χ3v) is 4.87. The van der Waals surface area contributed by atoms with Gasteiger partial charge < -0.3 is 4.74 Å². The lowest BCUT2D eigenvalue weighted by atomic mass is 10.2. The number of anilines is 1. The summed E-state index contributed by atoms with van der Waals surface area (Å²) in [6.07, 6.45) is -0.520. The number of carbonyl (C=O) groups excluding carboxylic acids is 1. The molecule has 0 N–H and O–H groups in total. The Morgan fingerprint density at radius 3 is 2.50 bits per heavy atom. The first-order valence-electron chi connectivity index (χ1n) is 8.82. The summed E-state index contributed by atoms with van der Waals surface area (Å²) in [6, 6.07) is 7.79. The van der Waals surface area contributed by atoms with Crippen molar-refractivity contribution in [1.82, 2.24) is 14.6 Å². The molecule has 6 nitrogen and oxygen atoms in total. The summed E-state index contributed by atoms with van der Waals surface area (Å²) in [4.78, 5) is 19.0. The highest BCUT2D eigenvalue weighted by Crippen LogP contribution is 2.27. The second kappa shape index (κ2) is 7.50. The molecule has 1 amide bonds. The first-order valence-corrected chi connectivity index (χ1v) is 9.62. The summed E-state index contributed by atoms with van der Waals surface area (Å²) >= 11 is 3.51. The van der Waals surface area contributed by atoms with Gasteiger partial charge in [0.05, 0.1) is 16.7 Å². The van der Waals surface area contributed by atoms with Crippen LogP contribution in [0.4, 0.5) is 15.0 Å². The van der Waals surface area contributed by atoms with Gasteiger partial charge >= 0.3 is 6.09 Å². The van der Waals surface area contributed by atoms with Crippen molar-refractivity contribution in [3.05, 3.63) is 57.6 Å². The molecule has 3 aromatic rings. The van der Waals surface area contributed by atoms with E-state index in [0.29, 0.717) is 11.5 Å². The molecular weight excluding hydrogens is 427 g/mol. The van der Waals surface area contributed by atoms with Gasteiger partial charge in [0.25, 0.3) is 0 Å². The van der Waals surface area contributed by atoms with Gasteiger partial charge in [-0.1, -0.05) is 12.1 Å². The molecule has 0 unspecified atom stereocenters. The fourth-order valence-electron chi connectivity index (χ4n) is 2.72. The van der Waals surface area contributed by atoms with E-state index in [1.54, 1.807) is 22.7 Å². The summed E-state index contributed by atoms with van der Waals surface area (Å²) < 4.78 is 21.3. The van der Waals surface area contributed by atoms with E-state index in [-0.39, 0.29) is 12.4 Å². The minimum atomic E-state index is -0.667. The zero-order chi connectivity index (χ0) is 20.6. The monoisotopic (exact) mass is 448 g/mol. The zero-order valence-electron chi connectivity index (χ0n) is 16.5. The van der Waals surface area contributed by atoms with Crippen LogP contribution in [0.2, 0.25) is 0 Å². The molecule has 3 rings (SSSR count). The van der Waals surface area contributed by atoms with E-state index >= 15 is 0 Å². The number of aryl methyl sites for hydroxylation is 2. The maximum Gasteiger partial charge on any atom is 0.416 e. The van der Waals surface area contributed by atoms with Crippen molar-refractivity contribution in [1.29, 1.82) is 0 Å². The largest absolute Gasteiger partial charge is 0.443 e. The first-order chi connectivity index (χ1) is 13.0. The Labute approximate surface area is 171 Å². The van der Waals surface area contributed by atoms with Crippen LogP contribution in [0, 0.1) is 19.7 Å². The van der Waals surface area contributed by atoms with E-state index in [1.165, 1.54) is 17.0 Å². The SMILES string of the molecule is Cc1cc(N(Cc2ccc(F)cc2)C(=O)OC(C)(C)C)n2nc(C)c(Br)c2n1. The van der Waals surface area contributed by atoms with E-state index in [2.05, 4.69) is 26.0 Å². The van der Waals surface area contributed by atoms with Crippen LogP contribution < -0.4 is 4.90 Å². The number of benzene rings is 1. The van der Waals surface area contributed by atoms with Crippen molar-refractivity contribution in [2.24, 2.45) is 0 Å². The minimum absolute atomic E-state index is 0.199. The number of aromatic nitrogens is 3. The van der Waals surface area contributed by atoms with Gasteiger partial charge in [-0.3, -0.25) is 4.90 Å². The number of halogens is 2. The van der Waals surface area contributed by atoms with Crippen LogP contribution in [0.1, 0.15) is 37.7 Å². The molecule has 0 aliphatic rings. The fourth-order valence-corrected chi connectivity index (χ4v) is 3.06. The van der Waals surface area contributed by atoms with Gasteiger partial charge in [0, 0.05) is 11.8 Å². The number of amides is 1. The lowest BCUT2D eigenvalue weighted by molar-refractivity contribution is 0.0575. The van der Waals surface area contributed by atoms with Crippen molar-refractivity contribution in [3.63, 3.8) is 0 Å². The Morgan fingerprint density at radius 1 is 1.25 bits per heavy atom. The predicted octanol–water partition coefficient (Wildman–Crippen LogP) is 5.19. The van der Waals surface area contributed by atoms with Gasteiger partial charge in [0.1, 0.15) is 17.2 Å². The van der Waals surface area contributed by atoms with Crippen LogP contribution >= 0.6 is 15.9 Å². The van der Waals surface area contributed by atoms with Crippen molar-refractivity contribution >= 4 is 33.5 Å². The van der Waals surface area contributed by atoms with Crippen molar-refractivity contribution in [2.45, 2.75) is 46.8 Å². The molecule has 0 aliphatic carbocycles. The average Bonchev–Trinajstić information content (AvgIpc) is 2.87. The topological polar surface area (TPSA) is 59.7 Å². The second-order valence-corrected chi connectivity index (χ2v) is 8.38. The summed E-state index contributed by atoms with van der Waals surface area (Å²) in [5.41, 5.74) is 2.19. The Morgan fingerprint density at radius 2 is 1.89 bits per heavy atom. The van der Waals surface area contributed by atoms with E-state index in [4.69, 9.17) is 4.74 Å². The van der Waals surface area contributed by atoms with Crippen LogP contribution in [0.5, 0.6) is 0 Å². The number of carbonyl (C=O) groups is 1. The fraction of sp³-hybridized carbons (Fsp3) is 0.350. The molecule has 0 fully saturated rings. The predicted molar refractivity (Wildman–Crippen MR) is 109 cm³/mol. The summed E-state index contributed by atoms with van der Waals surface area (Å²) in [6.45, 7) is 9.33. The second-order valence-electron chi connectivity index (χ2n) is 7.58. The number of rotatable bonds is 3. The minimum Gasteiger partial charge on any atom is -0.443 e. The molecule has 0 atom stereocenters. The number of nitrogens with zero attached hydrogens (tertiary/aromatic N) is 4. The molecule has 28 heavy (non-hydrogen) atoms. The maximum absolute atomic E-state index is 13.3. The first kappa shape index (κ1) is 20.3. The number of ether oxygens (including phenoxy) is 1. The van der Waals surface area contributed by atoms with E-state index in [9.17, 15) is 9.18 Å². The van der Waals surface area contributed by atoms with Gasteiger partial charge in [-0.2, -0.15) is 9.61 Å². The van der Waals surface area contributed by atoms with Crippen LogP contribution in [0.15, 0.2) is 34.8 Å². The molecule has 2 aromatic heterocycles. The molecule has 0 saturated carbocycles. The lowest BCUT2D eigenvalue weighted by Gasteiger charge is -2.27. The lowest BCUT2D eigenvalue weighted by Crippen LogP contribution is -2.37. The Bertz CT molecular complexity index is 1030. The summed E-state index contributed by atoms with van der Waals surface area (Å²) in [5, 5.41) is 4.51.